The van der Waals surface area contributed by atoms with E-state index in [9.17, 15) is 22.4 Å². The van der Waals surface area contributed by atoms with E-state index in [0.717, 1.165) is 33.1 Å². The van der Waals surface area contributed by atoms with Crippen LogP contribution in [0.15, 0.2) is 78.9 Å². The lowest BCUT2D eigenvalue weighted by Crippen LogP contribution is -2.54. The van der Waals surface area contributed by atoms with Crippen molar-refractivity contribution >= 4 is 39.3 Å². The van der Waals surface area contributed by atoms with E-state index in [1.54, 1.807) is 24.3 Å². The number of anilines is 1. The zero-order chi connectivity index (χ0) is 30.0. The fourth-order valence-electron chi connectivity index (χ4n) is 4.23. The van der Waals surface area contributed by atoms with E-state index in [4.69, 9.17) is 11.6 Å². The first-order chi connectivity index (χ1) is 19.6. The second-order valence-corrected chi connectivity index (χ2v) is 12.2. The Labute approximate surface area is 246 Å². The Kier molecular flexibility index (Phi) is 11.7. The smallest absolute Gasteiger partial charge is 0.304 e. The normalized spacial score (nSPS) is 12.1. The molecule has 0 heterocycles. The molecule has 0 aromatic heterocycles. The van der Waals surface area contributed by atoms with Crippen LogP contribution in [0.5, 0.6) is 0 Å². The van der Waals surface area contributed by atoms with Crippen molar-refractivity contribution < 1.29 is 22.4 Å². The first kappa shape index (κ1) is 32.0. The molecule has 3 rings (SSSR count). The van der Waals surface area contributed by atoms with Crippen molar-refractivity contribution in [3.05, 3.63) is 101 Å². The van der Waals surface area contributed by atoms with Crippen LogP contribution in [0.2, 0.25) is 5.02 Å². The number of nitrogens with one attached hydrogen (secondary N) is 1. The van der Waals surface area contributed by atoms with Crippen LogP contribution in [0, 0.1) is 5.82 Å². The lowest BCUT2D eigenvalue weighted by atomic mass is 10.0. The van der Waals surface area contributed by atoms with E-state index in [1.807, 2.05) is 37.3 Å². The van der Waals surface area contributed by atoms with Gasteiger partial charge in [-0.3, -0.25) is 9.59 Å². The van der Waals surface area contributed by atoms with Gasteiger partial charge in [-0.05, 0) is 35.7 Å². The molecule has 0 saturated carbocycles. The number of unbranched alkanes of at least 4 members (excludes halogenated alkanes) is 1. The number of hydrogen-bond donors (Lipinski definition) is 1. The van der Waals surface area contributed by atoms with Gasteiger partial charge in [0.2, 0.25) is 11.8 Å². The molecule has 220 valence electrons. The summed E-state index contributed by atoms with van der Waals surface area (Å²) in [6.07, 6.45) is 1.80. The second kappa shape index (κ2) is 15.0. The molecule has 0 aliphatic carbocycles. The van der Waals surface area contributed by atoms with Gasteiger partial charge in [-0.2, -0.15) is 12.7 Å². The maximum atomic E-state index is 14.9. The summed E-state index contributed by atoms with van der Waals surface area (Å²) in [4.78, 5) is 29.1. The fraction of sp³-hybridized carbons (Fsp3) is 0.333. The van der Waals surface area contributed by atoms with Gasteiger partial charge < -0.3 is 10.2 Å². The Morgan fingerprint density at radius 2 is 1.59 bits per heavy atom. The van der Waals surface area contributed by atoms with Crippen LogP contribution in [-0.2, 0) is 32.8 Å². The zero-order valence-corrected chi connectivity index (χ0v) is 25.0. The molecule has 1 atom stereocenters. The number of nitrogens with zero attached hydrogens (tertiary/aromatic N) is 3. The van der Waals surface area contributed by atoms with Crippen molar-refractivity contribution in [1.29, 1.82) is 0 Å². The Morgan fingerprint density at radius 3 is 2.22 bits per heavy atom. The molecule has 0 aliphatic rings. The molecule has 0 saturated heterocycles. The Balaban J connectivity index is 2.09. The van der Waals surface area contributed by atoms with Crippen LogP contribution >= 0.6 is 11.6 Å². The van der Waals surface area contributed by atoms with E-state index in [2.05, 4.69) is 5.32 Å². The molecule has 2 amide bonds. The molecule has 1 N–H and O–H groups in total. The maximum Gasteiger partial charge on any atom is 0.304 e. The molecule has 11 heteroatoms. The van der Waals surface area contributed by atoms with Crippen molar-refractivity contribution in [3.63, 3.8) is 0 Å². The number of halogens is 2. The minimum Gasteiger partial charge on any atom is -0.354 e. The Bertz CT molecular complexity index is 1420. The van der Waals surface area contributed by atoms with E-state index in [-0.39, 0.29) is 24.6 Å². The highest BCUT2D eigenvalue weighted by Gasteiger charge is 2.35. The number of benzene rings is 3. The monoisotopic (exact) mass is 602 g/mol. The van der Waals surface area contributed by atoms with Crippen LogP contribution in [0.25, 0.3) is 0 Å². The highest BCUT2D eigenvalue weighted by Crippen LogP contribution is 2.25. The first-order valence-electron chi connectivity index (χ1n) is 13.4. The predicted molar refractivity (Wildman–Crippen MR) is 160 cm³/mol. The SMILES string of the molecule is CCCCNC(=O)[C@@H](Cc1ccccc1)N(Cc1ccccc1Cl)C(=O)CN(c1ccccc1F)S(=O)(=O)N(C)C. The van der Waals surface area contributed by atoms with Gasteiger partial charge in [-0.1, -0.05) is 85.6 Å². The second-order valence-electron chi connectivity index (χ2n) is 9.71. The molecule has 0 aliphatic heterocycles. The highest BCUT2D eigenvalue weighted by molar-refractivity contribution is 7.90. The van der Waals surface area contributed by atoms with E-state index in [0.29, 0.717) is 17.1 Å². The molecular formula is C30H36ClFN4O4S. The van der Waals surface area contributed by atoms with Gasteiger partial charge in [-0.15, -0.1) is 0 Å². The summed E-state index contributed by atoms with van der Waals surface area (Å²) in [5, 5.41) is 3.31. The summed E-state index contributed by atoms with van der Waals surface area (Å²) in [5.74, 6) is -1.87. The average Bonchev–Trinajstić information content (AvgIpc) is 2.95. The van der Waals surface area contributed by atoms with Crippen LogP contribution in [0.3, 0.4) is 0 Å². The molecule has 3 aromatic carbocycles. The summed E-state index contributed by atoms with van der Waals surface area (Å²) in [7, 11) is -1.69. The third-order valence-electron chi connectivity index (χ3n) is 6.54. The zero-order valence-electron chi connectivity index (χ0n) is 23.5. The summed E-state index contributed by atoms with van der Waals surface area (Å²) < 4.78 is 43.2. The van der Waals surface area contributed by atoms with Crippen molar-refractivity contribution in [2.75, 3.05) is 31.5 Å². The van der Waals surface area contributed by atoms with Crippen molar-refractivity contribution in [2.24, 2.45) is 0 Å². The minimum atomic E-state index is -4.29. The topological polar surface area (TPSA) is 90.0 Å². The average molecular weight is 603 g/mol. The third kappa shape index (κ3) is 8.51. The van der Waals surface area contributed by atoms with Gasteiger partial charge in [-0.25, -0.2) is 8.70 Å². The number of rotatable bonds is 14. The lowest BCUT2D eigenvalue weighted by molar-refractivity contribution is -0.140. The quantitative estimate of drug-likeness (QED) is 0.272. The summed E-state index contributed by atoms with van der Waals surface area (Å²) in [5.41, 5.74) is 1.11. The minimum absolute atomic E-state index is 0.0652. The van der Waals surface area contributed by atoms with Crippen LogP contribution in [0.1, 0.15) is 30.9 Å². The Morgan fingerprint density at radius 1 is 0.951 bits per heavy atom. The molecular weight excluding hydrogens is 567 g/mol. The number of hydrogen-bond acceptors (Lipinski definition) is 4. The van der Waals surface area contributed by atoms with E-state index < -0.39 is 34.5 Å². The maximum absolute atomic E-state index is 14.9. The van der Waals surface area contributed by atoms with Gasteiger partial charge in [0.05, 0.1) is 5.69 Å². The van der Waals surface area contributed by atoms with Crippen molar-refractivity contribution in [1.82, 2.24) is 14.5 Å². The summed E-state index contributed by atoms with van der Waals surface area (Å²) in [6, 6.07) is 20.5. The number of carbonyl (C=O) groups excluding carboxylic acids is 2. The predicted octanol–water partition coefficient (Wildman–Crippen LogP) is 4.65. The third-order valence-corrected chi connectivity index (χ3v) is 8.71. The molecule has 3 aromatic rings. The fourth-order valence-corrected chi connectivity index (χ4v) is 5.49. The van der Waals surface area contributed by atoms with Crippen LogP contribution in [-0.4, -0.2) is 62.7 Å². The molecule has 0 bridgehead atoms. The Hall–Kier alpha value is -3.47. The van der Waals surface area contributed by atoms with Gasteiger partial charge in [0, 0.05) is 38.6 Å². The molecule has 0 radical (unpaired) electrons. The molecule has 0 unspecified atom stereocenters. The van der Waals surface area contributed by atoms with Gasteiger partial charge in [0.15, 0.2) is 0 Å². The molecule has 8 nitrogen and oxygen atoms in total. The van der Waals surface area contributed by atoms with E-state index in [1.165, 1.54) is 37.2 Å². The summed E-state index contributed by atoms with van der Waals surface area (Å²) in [6.45, 7) is 1.62. The number of carbonyl (C=O) groups is 2. The molecule has 0 fully saturated rings. The van der Waals surface area contributed by atoms with E-state index >= 15 is 0 Å². The van der Waals surface area contributed by atoms with Crippen LogP contribution < -0.4 is 9.62 Å². The number of para-hydroxylation sites is 1. The molecule has 0 spiro atoms. The highest BCUT2D eigenvalue weighted by atomic mass is 35.5. The van der Waals surface area contributed by atoms with Crippen LogP contribution in [0.4, 0.5) is 10.1 Å². The number of amides is 2. The van der Waals surface area contributed by atoms with Gasteiger partial charge in [0.1, 0.15) is 18.4 Å². The summed E-state index contributed by atoms with van der Waals surface area (Å²) >= 11 is 6.46. The van der Waals surface area contributed by atoms with Gasteiger partial charge >= 0.3 is 10.2 Å². The molecule has 41 heavy (non-hydrogen) atoms. The standard InChI is InChI=1S/C30H36ClFN4O4S/c1-4-5-19-33-30(38)28(20-23-13-7-6-8-14-23)35(21-24-15-9-10-16-25(24)31)29(37)22-36(41(39,40)34(2)3)27-18-12-11-17-26(27)32/h6-18,28H,4-5,19-22H2,1-3H3,(H,33,38)/t28-/m1/s1. The lowest BCUT2D eigenvalue weighted by Gasteiger charge is -2.34. The van der Waals surface area contributed by atoms with Crippen molar-refractivity contribution in [2.45, 2.75) is 38.8 Å². The first-order valence-corrected chi connectivity index (χ1v) is 15.1. The van der Waals surface area contributed by atoms with Gasteiger partial charge in [0.25, 0.3) is 0 Å². The van der Waals surface area contributed by atoms with Crippen molar-refractivity contribution in [3.8, 4) is 0 Å². The largest absolute Gasteiger partial charge is 0.354 e.